The van der Waals surface area contributed by atoms with E-state index in [1.54, 1.807) is 6.07 Å². The Bertz CT molecular complexity index is 758. The molecule has 0 bridgehead atoms. The zero-order valence-electron chi connectivity index (χ0n) is 12.4. The van der Waals surface area contributed by atoms with E-state index in [1.165, 1.54) is 5.56 Å². The molecule has 1 unspecified atom stereocenters. The maximum atomic E-state index is 12.5. The molecule has 0 amide bonds. The van der Waals surface area contributed by atoms with E-state index in [0.29, 0.717) is 5.92 Å². The van der Waals surface area contributed by atoms with E-state index in [1.807, 2.05) is 53.1 Å². The highest BCUT2D eigenvalue weighted by Gasteiger charge is 2.23. The first-order valence-corrected chi connectivity index (χ1v) is 7.33. The number of hydrogen-bond acceptors (Lipinski definition) is 1. The summed E-state index contributed by atoms with van der Waals surface area (Å²) in [5, 5.41) is 0. The van der Waals surface area contributed by atoms with E-state index >= 15 is 0 Å². The Balaban J connectivity index is 2.23. The molecular formula is C19H19NO. The molecule has 1 atom stereocenters. The van der Waals surface area contributed by atoms with Crippen molar-refractivity contribution in [2.45, 2.75) is 19.9 Å². The van der Waals surface area contributed by atoms with Gasteiger partial charge in [0.25, 0.3) is 5.56 Å². The number of fused-ring (bicyclic) bond motifs is 1. The van der Waals surface area contributed by atoms with Crippen LogP contribution in [0.2, 0.25) is 0 Å². The standard InChI is InChI=1S/C19H19NO/c1-14(2)19(15-9-5-3-6-10-15)20-17-12-8-4-7-11-16(17)13-18(20)21/h3-14,19H,1-2H3. The molecule has 1 aliphatic carbocycles. The molecule has 0 aromatic heterocycles. The van der Waals surface area contributed by atoms with Crippen LogP contribution in [0.5, 0.6) is 0 Å². The van der Waals surface area contributed by atoms with Gasteiger partial charge in [0.2, 0.25) is 0 Å². The van der Waals surface area contributed by atoms with Gasteiger partial charge in [0.05, 0.1) is 11.7 Å². The van der Waals surface area contributed by atoms with Gasteiger partial charge in [-0.3, -0.25) is 4.79 Å². The Hall–Kier alpha value is -2.35. The fourth-order valence-electron chi connectivity index (χ4n) is 2.98. The van der Waals surface area contributed by atoms with Crippen LogP contribution in [0.3, 0.4) is 0 Å². The monoisotopic (exact) mass is 277 g/mol. The van der Waals surface area contributed by atoms with Gasteiger partial charge < -0.3 is 4.57 Å². The second-order valence-corrected chi connectivity index (χ2v) is 5.70. The topological polar surface area (TPSA) is 22.0 Å². The van der Waals surface area contributed by atoms with Crippen LogP contribution in [0.4, 0.5) is 0 Å². The lowest BCUT2D eigenvalue weighted by molar-refractivity contribution is 0.434. The second-order valence-electron chi connectivity index (χ2n) is 5.70. The predicted molar refractivity (Wildman–Crippen MR) is 86.7 cm³/mol. The van der Waals surface area contributed by atoms with Crippen LogP contribution in [0.15, 0.2) is 71.5 Å². The molecule has 1 aliphatic heterocycles. The van der Waals surface area contributed by atoms with Crippen LogP contribution in [-0.2, 0) is 0 Å². The molecule has 0 radical (unpaired) electrons. The zero-order chi connectivity index (χ0) is 14.8. The molecule has 0 spiro atoms. The molecule has 0 fully saturated rings. The molecule has 2 heteroatoms. The van der Waals surface area contributed by atoms with Crippen LogP contribution < -0.4 is 5.56 Å². The van der Waals surface area contributed by atoms with E-state index in [-0.39, 0.29) is 11.6 Å². The summed E-state index contributed by atoms with van der Waals surface area (Å²) in [5.74, 6) is 0.334. The van der Waals surface area contributed by atoms with Crippen molar-refractivity contribution in [2.75, 3.05) is 0 Å². The maximum absolute atomic E-state index is 12.5. The fraction of sp³-hybridized carbons (Fsp3) is 0.211. The minimum Gasteiger partial charge on any atom is -0.301 e. The number of benzene rings is 1. The Morgan fingerprint density at radius 3 is 2.14 bits per heavy atom. The van der Waals surface area contributed by atoms with Gasteiger partial charge in [-0.15, -0.1) is 0 Å². The van der Waals surface area contributed by atoms with Crippen molar-refractivity contribution in [3.05, 3.63) is 82.6 Å². The Morgan fingerprint density at radius 2 is 1.48 bits per heavy atom. The zero-order valence-corrected chi connectivity index (χ0v) is 12.4. The van der Waals surface area contributed by atoms with Crippen LogP contribution in [-0.4, -0.2) is 4.57 Å². The molecule has 0 saturated heterocycles. The van der Waals surface area contributed by atoms with Crippen molar-refractivity contribution >= 4 is 0 Å². The minimum atomic E-state index is 0.0543. The van der Waals surface area contributed by atoms with Gasteiger partial charge in [-0.1, -0.05) is 68.4 Å². The summed E-state index contributed by atoms with van der Waals surface area (Å²) in [5.41, 5.74) is 3.23. The molecule has 1 aromatic carbocycles. The molecule has 0 N–H and O–H groups in total. The Labute approximate surface area is 125 Å². The van der Waals surface area contributed by atoms with E-state index in [0.717, 1.165) is 11.3 Å². The first-order chi connectivity index (χ1) is 10.2. The van der Waals surface area contributed by atoms with Gasteiger partial charge in [0, 0.05) is 11.6 Å². The van der Waals surface area contributed by atoms with Crippen molar-refractivity contribution in [3.63, 3.8) is 0 Å². The molecular weight excluding hydrogens is 258 g/mol. The lowest BCUT2D eigenvalue weighted by atomic mass is 9.95. The number of aromatic nitrogens is 1. The van der Waals surface area contributed by atoms with Gasteiger partial charge in [0.15, 0.2) is 0 Å². The highest BCUT2D eigenvalue weighted by Crippen LogP contribution is 2.31. The van der Waals surface area contributed by atoms with Gasteiger partial charge >= 0.3 is 0 Å². The fourth-order valence-corrected chi connectivity index (χ4v) is 2.98. The summed E-state index contributed by atoms with van der Waals surface area (Å²) < 4.78 is 1.93. The summed E-state index contributed by atoms with van der Waals surface area (Å²) in [7, 11) is 0. The van der Waals surface area contributed by atoms with Gasteiger partial charge in [0.1, 0.15) is 0 Å². The van der Waals surface area contributed by atoms with E-state index < -0.39 is 0 Å². The molecule has 1 heterocycles. The molecule has 106 valence electrons. The first-order valence-electron chi connectivity index (χ1n) is 7.33. The van der Waals surface area contributed by atoms with Gasteiger partial charge in [-0.05, 0) is 17.5 Å². The number of hydrogen-bond donors (Lipinski definition) is 0. The molecule has 2 aliphatic rings. The summed E-state index contributed by atoms with van der Waals surface area (Å²) in [6.07, 6.45) is 0. The van der Waals surface area contributed by atoms with Crippen molar-refractivity contribution in [1.82, 2.24) is 4.57 Å². The molecule has 1 aromatic rings. The largest absolute Gasteiger partial charge is 0.301 e. The smallest absolute Gasteiger partial charge is 0.252 e. The van der Waals surface area contributed by atoms with Crippen LogP contribution in [0.25, 0.3) is 11.3 Å². The lowest BCUT2D eigenvalue weighted by Gasteiger charge is -2.24. The quantitative estimate of drug-likeness (QED) is 0.703. The van der Waals surface area contributed by atoms with Crippen LogP contribution >= 0.6 is 0 Å². The maximum Gasteiger partial charge on any atom is 0.252 e. The molecule has 21 heavy (non-hydrogen) atoms. The third-order valence-corrected chi connectivity index (χ3v) is 3.87. The Kier molecular flexibility index (Phi) is 3.61. The summed E-state index contributed by atoms with van der Waals surface area (Å²) in [4.78, 5) is 12.5. The normalized spacial score (nSPS) is 12.7. The Morgan fingerprint density at radius 1 is 0.857 bits per heavy atom. The van der Waals surface area contributed by atoms with E-state index in [4.69, 9.17) is 0 Å². The number of nitrogens with zero attached hydrogens (tertiary/aromatic N) is 1. The first kappa shape index (κ1) is 13.6. The number of rotatable bonds is 3. The third kappa shape index (κ3) is 2.49. The van der Waals surface area contributed by atoms with Crippen LogP contribution in [0, 0.1) is 5.92 Å². The second kappa shape index (κ2) is 5.57. The van der Waals surface area contributed by atoms with Crippen LogP contribution in [0.1, 0.15) is 25.5 Å². The SMILES string of the molecule is CC(C)C(c1ccccc1)n1c2cccccc-2cc1=O. The summed E-state index contributed by atoms with van der Waals surface area (Å²) >= 11 is 0. The molecule has 2 nitrogen and oxygen atoms in total. The third-order valence-electron chi connectivity index (χ3n) is 3.87. The van der Waals surface area contributed by atoms with Gasteiger partial charge in [-0.25, -0.2) is 0 Å². The molecule has 3 rings (SSSR count). The predicted octanol–water partition coefficient (Wildman–Crippen LogP) is 4.20. The highest BCUT2D eigenvalue weighted by molar-refractivity contribution is 5.61. The van der Waals surface area contributed by atoms with Crippen molar-refractivity contribution in [3.8, 4) is 11.3 Å². The van der Waals surface area contributed by atoms with Crippen molar-refractivity contribution in [1.29, 1.82) is 0 Å². The highest BCUT2D eigenvalue weighted by atomic mass is 16.1. The summed E-state index contributed by atoms with van der Waals surface area (Å²) in [6, 6.07) is 22.0. The van der Waals surface area contributed by atoms with Gasteiger partial charge in [-0.2, -0.15) is 0 Å². The summed E-state index contributed by atoms with van der Waals surface area (Å²) in [6.45, 7) is 4.32. The van der Waals surface area contributed by atoms with Crippen molar-refractivity contribution in [2.24, 2.45) is 5.92 Å². The van der Waals surface area contributed by atoms with Crippen molar-refractivity contribution < 1.29 is 0 Å². The lowest BCUT2D eigenvalue weighted by Crippen LogP contribution is -2.25. The average molecular weight is 277 g/mol. The minimum absolute atomic E-state index is 0.0543. The molecule has 0 saturated carbocycles. The van der Waals surface area contributed by atoms with E-state index in [9.17, 15) is 4.79 Å². The average Bonchev–Trinajstić information content (AvgIpc) is 2.64. The van der Waals surface area contributed by atoms with E-state index in [2.05, 4.69) is 26.0 Å².